The lowest BCUT2D eigenvalue weighted by molar-refractivity contribution is -0.119. The first-order chi connectivity index (χ1) is 12.3. The lowest BCUT2D eigenvalue weighted by Crippen LogP contribution is -2.37. The van der Waals surface area contributed by atoms with Crippen molar-refractivity contribution in [3.63, 3.8) is 0 Å². The van der Waals surface area contributed by atoms with Gasteiger partial charge >= 0.3 is 0 Å². The first-order valence-corrected chi connectivity index (χ1v) is 10.2. The maximum absolute atomic E-state index is 12.2. The predicted molar refractivity (Wildman–Crippen MR) is 99.1 cm³/mol. The molecular formula is C19H24N4OS. The van der Waals surface area contributed by atoms with Crippen LogP contribution in [0, 0.1) is 0 Å². The standard InChI is InChI=1S/C19H24N4OS/c24-17(20-15-7-3-1-4-8-15)13-25-19-21-18(14-11-12-14)23(22-19)16-9-5-2-6-10-16/h2,5-6,9-10,14-15H,1,3-4,7-8,11-13H2,(H,20,24). The largest absolute Gasteiger partial charge is 0.353 e. The molecule has 5 nitrogen and oxygen atoms in total. The van der Waals surface area contributed by atoms with Crippen LogP contribution in [-0.2, 0) is 4.79 Å². The summed E-state index contributed by atoms with van der Waals surface area (Å²) >= 11 is 1.44. The Bertz CT molecular complexity index is 720. The van der Waals surface area contributed by atoms with Crippen molar-refractivity contribution in [2.24, 2.45) is 0 Å². The van der Waals surface area contributed by atoms with Crippen molar-refractivity contribution in [3.05, 3.63) is 36.2 Å². The second kappa shape index (κ2) is 7.60. The molecule has 0 spiro atoms. The highest BCUT2D eigenvalue weighted by Crippen LogP contribution is 2.40. The molecular weight excluding hydrogens is 332 g/mol. The summed E-state index contributed by atoms with van der Waals surface area (Å²) in [5.74, 6) is 2.03. The third-order valence-electron chi connectivity index (χ3n) is 4.86. The minimum atomic E-state index is 0.0981. The monoisotopic (exact) mass is 356 g/mol. The van der Waals surface area contributed by atoms with E-state index in [1.54, 1.807) is 0 Å². The molecule has 0 radical (unpaired) electrons. The zero-order valence-electron chi connectivity index (χ0n) is 14.4. The van der Waals surface area contributed by atoms with Crippen LogP contribution in [-0.4, -0.2) is 32.5 Å². The highest BCUT2D eigenvalue weighted by atomic mass is 32.2. The molecule has 2 saturated carbocycles. The van der Waals surface area contributed by atoms with Crippen LogP contribution in [0.25, 0.3) is 5.69 Å². The van der Waals surface area contributed by atoms with Gasteiger partial charge < -0.3 is 5.32 Å². The lowest BCUT2D eigenvalue weighted by atomic mass is 9.95. The van der Waals surface area contributed by atoms with Crippen LogP contribution in [0.2, 0.25) is 0 Å². The summed E-state index contributed by atoms with van der Waals surface area (Å²) in [5, 5.41) is 8.50. The molecule has 4 rings (SSSR count). The first kappa shape index (κ1) is 16.6. The summed E-state index contributed by atoms with van der Waals surface area (Å²) in [4.78, 5) is 16.9. The Balaban J connectivity index is 1.40. The average Bonchev–Trinajstić information content (AvgIpc) is 3.41. The number of amides is 1. The Labute approximate surface area is 152 Å². The maximum Gasteiger partial charge on any atom is 0.230 e. The third kappa shape index (κ3) is 4.24. The molecule has 2 fully saturated rings. The number of hydrogen-bond acceptors (Lipinski definition) is 4. The van der Waals surface area contributed by atoms with Crippen molar-refractivity contribution < 1.29 is 4.79 Å². The average molecular weight is 356 g/mol. The molecule has 0 saturated heterocycles. The van der Waals surface area contributed by atoms with Crippen LogP contribution >= 0.6 is 11.8 Å². The van der Waals surface area contributed by atoms with E-state index < -0.39 is 0 Å². The van der Waals surface area contributed by atoms with Gasteiger partial charge in [-0.3, -0.25) is 4.79 Å². The Hall–Kier alpha value is -1.82. The molecule has 2 aliphatic carbocycles. The third-order valence-corrected chi connectivity index (χ3v) is 5.70. The Morgan fingerprint density at radius 3 is 2.60 bits per heavy atom. The minimum absolute atomic E-state index is 0.0981. The Morgan fingerprint density at radius 2 is 1.88 bits per heavy atom. The summed E-state index contributed by atoms with van der Waals surface area (Å²) in [6, 6.07) is 10.5. The van der Waals surface area contributed by atoms with Crippen LogP contribution in [0.3, 0.4) is 0 Å². The van der Waals surface area contributed by atoms with Gasteiger partial charge in [0.25, 0.3) is 0 Å². The molecule has 25 heavy (non-hydrogen) atoms. The molecule has 1 N–H and O–H groups in total. The number of thioether (sulfide) groups is 1. The Kier molecular flexibility index (Phi) is 5.06. The van der Waals surface area contributed by atoms with E-state index in [2.05, 4.69) is 10.4 Å². The summed E-state index contributed by atoms with van der Waals surface area (Å²) in [7, 11) is 0. The molecule has 1 aromatic carbocycles. The molecule has 132 valence electrons. The first-order valence-electron chi connectivity index (χ1n) is 9.24. The lowest BCUT2D eigenvalue weighted by Gasteiger charge is -2.22. The van der Waals surface area contributed by atoms with Gasteiger partial charge in [0.05, 0.1) is 11.4 Å². The molecule has 1 aromatic heterocycles. The van der Waals surface area contributed by atoms with Gasteiger partial charge in [-0.1, -0.05) is 49.2 Å². The number of carbonyl (C=O) groups excluding carboxylic acids is 1. The minimum Gasteiger partial charge on any atom is -0.353 e. The van der Waals surface area contributed by atoms with Gasteiger partial charge in [-0.25, -0.2) is 9.67 Å². The molecule has 0 unspecified atom stereocenters. The number of nitrogens with one attached hydrogen (secondary N) is 1. The molecule has 0 bridgehead atoms. The number of para-hydroxylation sites is 1. The van der Waals surface area contributed by atoms with E-state index in [1.807, 2.05) is 35.0 Å². The van der Waals surface area contributed by atoms with Gasteiger partial charge in [-0.05, 0) is 37.8 Å². The zero-order valence-corrected chi connectivity index (χ0v) is 15.2. The second-order valence-corrected chi connectivity index (χ2v) is 7.91. The molecule has 1 amide bonds. The molecule has 0 aliphatic heterocycles. The van der Waals surface area contributed by atoms with Gasteiger partial charge in [-0.15, -0.1) is 5.10 Å². The Morgan fingerprint density at radius 1 is 1.12 bits per heavy atom. The van der Waals surface area contributed by atoms with E-state index >= 15 is 0 Å². The van der Waals surface area contributed by atoms with Crippen molar-refractivity contribution in [2.75, 3.05) is 5.75 Å². The summed E-state index contributed by atoms with van der Waals surface area (Å²) in [5.41, 5.74) is 1.04. The van der Waals surface area contributed by atoms with E-state index in [-0.39, 0.29) is 5.91 Å². The fourth-order valence-electron chi connectivity index (χ4n) is 3.38. The number of aromatic nitrogens is 3. The van der Waals surface area contributed by atoms with E-state index in [1.165, 1.54) is 43.9 Å². The number of rotatable bonds is 6. The molecule has 6 heteroatoms. The zero-order chi connectivity index (χ0) is 17.1. The van der Waals surface area contributed by atoms with Gasteiger partial charge in [0, 0.05) is 12.0 Å². The van der Waals surface area contributed by atoms with E-state index in [0.29, 0.717) is 22.9 Å². The maximum atomic E-state index is 12.2. The number of benzene rings is 1. The summed E-state index contributed by atoms with van der Waals surface area (Å²) in [6.07, 6.45) is 8.34. The second-order valence-electron chi connectivity index (χ2n) is 6.97. The van der Waals surface area contributed by atoms with Gasteiger partial charge in [0.2, 0.25) is 11.1 Å². The van der Waals surface area contributed by atoms with Gasteiger partial charge in [0.1, 0.15) is 5.82 Å². The molecule has 1 heterocycles. The predicted octanol–water partition coefficient (Wildman–Crippen LogP) is 3.69. The molecule has 0 atom stereocenters. The van der Waals surface area contributed by atoms with Crippen LogP contribution in [0.15, 0.2) is 35.5 Å². The molecule has 2 aliphatic rings. The fraction of sp³-hybridized carbons (Fsp3) is 0.526. The fourth-order valence-corrected chi connectivity index (χ4v) is 4.02. The van der Waals surface area contributed by atoms with Crippen molar-refractivity contribution in [2.45, 2.75) is 62.1 Å². The number of nitrogens with zero attached hydrogens (tertiary/aromatic N) is 3. The van der Waals surface area contributed by atoms with Crippen LogP contribution in [0.1, 0.15) is 56.7 Å². The van der Waals surface area contributed by atoms with Gasteiger partial charge in [0.15, 0.2) is 0 Å². The summed E-state index contributed by atoms with van der Waals surface area (Å²) in [6.45, 7) is 0. The van der Waals surface area contributed by atoms with Crippen molar-refractivity contribution >= 4 is 17.7 Å². The topological polar surface area (TPSA) is 59.8 Å². The van der Waals surface area contributed by atoms with Crippen LogP contribution in [0.5, 0.6) is 0 Å². The van der Waals surface area contributed by atoms with Crippen LogP contribution < -0.4 is 5.32 Å². The van der Waals surface area contributed by atoms with E-state index in [9.17, 15) is 4.79 Å². The normalized spacial score (nSPS) is 18.2. The van der Waals surface area contributed by atoms with Crippen molar-refractivity contribution in [1.82, 2.24) is 20.1 Å². The number of carbonyl (C=O) groups is 1. The quantitative estimate of drug-likeness (QED) is 0.802. The smallest absolute Gasteiger partial charge is 0.230 e. The van der Waals surface area contributed by atoms with Gasteiger partial charge in [-0.2, -0.15) is 0 Å². The molecule has 2 aromatic rings. The van der Waals surface area contributed by atoms with Crippen molar-refractivity contribution in [1.29, 1.82) is 0 Å². The summed E-state index contributed by atoms with van der Waals surface area (Å²) < 4.78 is 1.94. The van der Waals surface area contributed by atoms with E-state index in [0.717, 1.165) is 24.4 Å². The SMILES string of the molecule is O=C(CSc1nc(C2CC2)n(-c2ccccc2)n1)NC1CCCCC1. The van der Waals surface area contributed by atoms with E-state index in [4.69, 9.17) is 4.98 Å². The van der Waals surface area contributed by atoms with Crippen LogP contribution in [0.4, 0.5) is 0 Å². The van der Waals surface area contributed by atoms with Crippen molar-refractivity contribution in [3.8, 4) is 5.69 Å². The number of hydrogen-bond donors (Lipinski definition) is 1. The highest BCUT2D eigenvalue weighted by Gasteiger charge is 2.30. The highest BCUT2D eigenvalue weighted by molar-refractivity contribution is 7.99.